The number of halogens is 1. The molecular formula is C14H17FN4O3. The lowest BCUT2D eigenvalue weighted by molar-refractivity contribution is 0.145. The molecule has 1 aromatic carbocycles. The summed E-state index contributed by atoms with van der Waals surface area (Å²) < 4.78 is 19.1. The monoisotopic (exact) mass is 308 g/mol. The highest BCUT2D eigenvalue weighted by atomic mass is 19.1. The molecule has 1 fully saturated rings. The summed E-state index contributed by atoms with van der Waals surface area (Å²) in [6, 6.07) is 4.17. The van der Waals surface area contributed by atoms with E-state index < -0.39 is 18.0 Å². The highest BCUT2D eigenvalue weighted by Crippen LogP contribution is 2.27. The quantitative estimate of drug-likeness (QED) is 0.691. The van der Waals surface area contributed by atoms with E-state index in [4.69, 9.17) is 21.3 Å². The summed E-state index contributed by atoms with van der Waals surface area (Å²) in [7, 11) is 0. The first-order valence-corrected chi connectivity index (χ1v) is 6.62. The Balaban J connectivity index is 2.18. The van der Waals surface area contributed by atoms with Gasteiger partial charge in [0.1, 0.15) is 6.10 Å². The van der Waals surface area contributed by atoms with Crippen LogP contribution in [-0.2, 0) is 4.74 Å². The number of rotatable bonds is 5. The Morgan fingerprint density at radius 1 is 1.59 bits per heavy atom. The van der Waals surface area contributed by atoms with Crippen molar-refractivity contribution in [3.63, 3.8) is 0 Å². The van der Waals surface area contributed by atoms with Gasteiger partial charge >= 0.3 is 6.09 Å². The van der Waals surface area contributed by atoms with Gasteiger partial charge < -0.3 is 21.3 Å². The maximum atomic E-state index is 14.0. The number of carbonyl (C=O) groups is 1. The molecule has 0 spiro atoms. The zero-order valence-electron chi connectivity index (χ0n) is 11.8. The molecule has 1 aliphatic rings. The summed E-state index contributed by atoms with van der Waals surface area (Å²) in [5.41, 5.74) is 11.5. The van der Waals surface area contributed by atoms with Gasteiger partial charge in [-0.25, -0.2) is 9.18 Å². The highest BCUT2D eigenvalue weighted by Gasteiger charge is 2.31. The van der Waals surface area contributed by atoms with Crippen molar-refractivity contribution < 1.29 is 19.0 Å². The van der Waals surface area contributed by atoms with E-state index in [0.29, 0.717) is 11.3 Å². The summed E-state index contributed by atoms with van der Waals surface area (Å²) in [6.45, 7) is 0.199. The standard InChI is InChI=1S/C14H17FN4O3/c15-12-3-10(19-7-11(5-17)22-14(19)21)1-2-13(12)18-6-9(4-16)8-20/h1-4,6,11,20H,5,7-8,16-17H2/b9-4+,18-6?. The van der Waals surface area contributed by atoms with E-state index in [1.165, 1.54) is 29.4 Å². The van der Waals surface area contributed by atoms with Gasteiger partial charge in [-0.1, -0.05) is 0 Å². The lowest BCUT2D eigenvalue weighted by Gasteiger charge is -2.13. The van der Waals surface area contributed by atoms with Crippen LogP contribution < -0.4 is 16.4 Å². The Morgan fingerprint density at radius 2 is 2.36 bits per heavy atom. The average Bonchev–Trinajstić information content (AvgIpc) is 2.90. The van der Waals surface area contributed by atoms with Crippen LogP contribution in [-0.4, -0.2) is 43.2 Å². The van der Waals surface area contributed by atoms with Crippen LogP contribution in [0.3, 0.4) is 0 Å². The molecule has 7 nitrogen and oxygen atoms in total. The fourth-order valence-corrected chi connectivity index (χ4v) is 1.91. The van der Waals surface area contributed by atoms with Crippen LogP contribution in [0.1, 0.15) is 0 Å². The first-order valence-electron chi connectivity index (χ1n) is 6.62. The summed E-state index contributed by atoms with van der Waals surface area (Å²) in [5, 5.41) is 8.94. The maximum absolute atomic E-state index is 14.0. The summed E-state index contributed by atoms with van der Waals surface area (Å²) in [6.07, 6.45) is 1.50. The van der Waals surface area contributed by atoms with Gasteiger partial charge in [0.05, 0.1) is 24.5 Å². The van der Waals surface area contributed by atoms with Crippen molar-refractivity contribution in [3.05, 3.63) is 35.8 Å². The largest absolute Gasteiger partial charge is 0.443 e. The number of amides is 1. The van der Waals surface area contributed by atoms with Crippen molar-refractivity contribution in [2.75, 3.05) is 24.6 Å². The minimum atomic E-state index is -0.605. The van der Waals surface area contributed by atoms with Gasteiger partial charge in [-0.2, -0.15) is 0 Å². The van der Waals surface area contributed by atoms with Crippen LogP contribution in [0.5, 0.6) is 0 Å². The van der Waals surface area contributed by atoms with E-state index in [1.807, 2.05) is 0 Å². The van der Waals surface area contributed by atoms with E-state index in [2.05, 4.69) is 4.99 Å². The van der Waals surface area contributed by atoms with Crippen LogP contribution >= 0.6 is 0 Å². The van der Waals surface area contributed by atoms with Crippen LogP contribution in [0.2, 0.25) is 0 Å². The van der Waals surface area contributed by atoms with Crippen LogP contribution in [0.15, 0.2) is 35.0 Å². The third-order valence-electron chi connectivity index (χ3n) is 3.15. The van der Waals surface area contributed by atoms with Gasteiger partial charge in [0.2, 0.25) is 0 Å². The van der Waals surface area contributed by atoms with E-state index >= 15 is 0 Å². The molecule has 1 heterocycles. The second kappa shape index (κ2) is 7.01. The smallest absolute Gasteiger partial charge is 0.414 e. The molecule has 0 radical (unpaired) electrons. The van der Waals surface area contributed by atoms with Crippen molar-refractivity contribution in [3.8, 4) is 0 Å². The maximum Gasteiger partial charge on any atom is 0.414 e. The summed E-state index contributed by atoms with van der Waals surface area (Å²) in [5.74, 6) is -0.605. The molecule has 0 aromatic heterocycles. The van der Waals surface area contributed by atoms with E-state index in [0.717, 1.165) is 0 Å². The Labute approximate surface area is 126 Å². The summed E-state index contributed by atoms with van der Waals surface area (Å²) >= 11 is 0. The molecule has 5 N–H and O–H groups in total. The summed E-state index contributed by atoms with van der Waals surface area (Å²) in [4.78, 5) is 16.9. The zero-order chi connectivity index (χ0) is 16.1. The van der Waals surface area contributed by atoms with Crippen molar-refractivity contribution in [1.82, 2.24) is 0 Å². The average molecular weight is 308 g/mol. The van der Waals surface area contributed by atoms with E-state index in [1.54, 1.807) is 6.07 Å². The van der Waals surface area contributed by atoms with Crippen molar-refractivity contribution in [2.45, 2.75) is 6.10 Å². The normalized spacial score (nSPS) is 19.0. The number of carbonyl (C=O) groups excluding carboxylic acids is 1. The fourth-order valence-electron chi connectivity index (χ4n) is 1.91. The highest BCUT2D eigenvalue weighted by molar-refractivity contribution is 5.90. The van der Waals surface area contributed by atoms with Gasteiger partial charge in [0, 0.05) is 24.5 Å². The minimum Gasteiger partial charge on any atom is -0.443 e. The topological polar surface area (TPSA) is 114 Å². The molecule has 0 saturated carbocycles. The number of ether oxygens (including phenoxy) is 1. The van der Waals surface area contributed by atoms with Gasteiger partial charge in [0.25, 0.3) is 0 Å². The molecule has 1 aromatic rings. The van der Waals surface area contributed by atoms with Crippen molar-refractivity contribution >= 4 is 23.7 Å². The Kier molecular flexibility index (Phi) is 5.08. The molecule has 1 amide bonds. The number of aliphatic hydroxyl groups excluding tert-OH is 1. The molecule has 0 aliphatic carbocycles. The van der Waals surface area contributed by atoms with Crippen molar-refractivity contribution in [2.24, 2.45) is 16.5 Å². The number of hydrogen-bond acceptors (Lipinski definition) is 6. The van der Waals surface area contributed by atoms with Crippen LogP contribution in [0.4, 0.5) is 20.6 Å². The molecule has 1 atom stereocenters. The molecule has 0 bridgehead atoms. The molecule has 118 valence electrons. The number of aliphatic hydroxyl groups is 1. The Bertz CT molecular complexity index is 618. The molecular weight excluding hydrogens is 291 g/mol. The predicted octanol–water partition coefficient (Wildman–Crippen LogP) is 0.647. The number of benzene rings is 1. The number of nitrogens with two attached hydrogens (primary N) is 2. The van der Waals surface area contributed by atoms with E-state index in [9.17, 15) is 9.18 Å². The number of aliphatic imine (C=N–C) groups is 1. The first kappa shape index (κ1) is 15.9. The van der Waals surface area contributed by atoms with Crippen LogP contribution in [0.25, 0.3) is 0 Å². The molecule has 1 unspecified atom stereocenters. The molecule has 8 heteroatoms. The lowest BCUT2D eigenvalue weighted by atomic mass is 10.2. The number of hydrogen-bond donors (Lipinski definition) is 3. The third kappa shape index (κ3) is 3.41. The number of cyclic esters (lactones) is 1. The molecule has 1 saturated heterocycles. The van der Waals surface area contributed by atoms with Gasteiger partial charge in [-0.3, -0.25) is 9.89 Å². The second-order valence-corrected chi connectivity index (χ2v) is 4.65. The van der Waals surface area contributed by atoms with Crippen LogP contribution in [0, 0.1) is 5.82 Å². The third-order valence-corrected chi connectivity index (χ3v) is 3.15. The van der Waals surface area contributed by atoms with Gasteiger partial charge in [-0.15, -0.1) is 0 Å². The zero-order valence-corrected chi connectivity index (χ0v) is 11.8. The van der Waals surface area contributed by atoms with Gasteiger partial charge in [0.15, 0.2) is 5.82 Å². The fraction of sp³-hybridized carbons (Fsp3) is 0.286. The SMILES string of the molecule is N/C=C(\C=Nc1ccc(N2CC(CN)OC2=O)cc1F)CO. The Morgan fingerprint density at radius 3 is 2.91 bits per heavy atom. The molecule has 1 aliphatic heterocycles. The molecule has 22 heavy (non-hydrogen) atoms. The number of anilines is 1. The first-order chi connectivity index (χ1) is 10.6. The Hall–Kier alpha value is -2.45. The van der Waals surface area contributed by atoms with Gasteiger partial charge in [-0.05, 0) is 18.2 Å². The lowest BCUT2D eigenvalue weighted by Crippen LogP contribution is -2.27. The second-order valence-electron chi connectivity index (χ2n) is 4.65. The molecule has 2 rings (SSSR count). The number of nitrogens with zero attached hydrogens (tertiary/aromatic N) is 2. The van der Waals surface area contributed by atoms with E-state index in [-0.39, 0.29) is 25.4 Å². The minimum absolute atomic E-state index is 0.0690. The predicted molar refractivity (Wildman–Crippen MR) is 80.6 cm³/mol. The van der Waals surface area contributed by atoms with Crippen molar-refractivity contribution in [1.29, 1.82) is 0 Å².